The maximum atomic E-state index is 4.81. The van der Waals surface area contributed by atoms with Gasteiger partial charge in [0, 0.05) is 0 Å². The Balaban J connectivity index is 0.00000201. The number of hydrogen-bond donors (Lipinski definition) is 0. The first kappa shape index (κ1) is 34.7. The van der Waals surface area contributed by atoms with Crippen molar-refractivity contribution in [2.24, 2.45) is 0 Å². The van der Waals surface area contributed by atoms with Crippen LogP contribution in [0.2, 0.25) is 9.26 Å². The second kappa shape index (κ2) is 13.0. The molecule has 0 spiro atoms. The topological polar surface area (TPSA) is 25.8 Å². The van der Waals surface area contributed by atoms with Crippen LogP contribution in [0.3, 0.4) is 0 Å². The molecule has 6 aromatic rings. The third kappa shape index (κ3) is 5.50. The van der Waals surface area contributed by atoms with Crippen molar-refractivity contribution >= 4 is 65.7 Å². The molecule has 48 heavy (non-hydrogen) atoms. The van der Waals surface area contributed by atoms with Gasteiger partial charge in [-0.05, 0) is 0 Å². The summed E-state index contributed by atoms with van der Waals surface area (Å²) in [6.07, 6.45) is 11.1. The average Bonchev–Trinajstić information content (AvgIpc) is 3.67. The van der Waals surface area contributed by atoms with Crippen molar-refractivity contribution in [3.63, 3.8) is 0 Å². The Bertz CT molecular complexity index is 2180. The molecule has 0 fully saturated rings. The molecule has 4 aromatic carbocycles. The van der Waals surface area contributed by atoms with E-state index >= 15 is 0 Å². The SMILES string of the molecule is CCC1=Cc2ccc(-c3cccc4cccnc34)cc2[CH]1[Zr]([CH3])([CH3])(=[SiH2])[CH]1C(CC)=Cc2ccc(-c3cccc4cccnc34)cc21.Cl.Cl. The molecular weight excluding hydrogens is 723 g/mol. The average molecular weight is 765 g/mol. The number of nitrogens with zero attached hydrogens (tertiary/aromatic N) is 2. The van der Waals surface area contributed by atoms with Crippen molar-refractivity contribution in [2.75, 3.05) is 0 Å². The van der Waals surface area contributed by atoms with Gasteiger partial charge in [-0.3, -0.25) is 0 Å². The van der Waals surface area contributed by atoms with E-state index < -0.39 is 17.4 Å². The standard InChI is InChI=1S/2C20H16N.2CH3.2ClH.H2Si.Zr/c2*1-2-14-11-16-8-9-17(13-18(16)12-14)19-7-3-5-15-6-4-10-21-20(15)19;;;;;;/h2*3-13H,2H2,1H3;2*1H3;2*1H;1H2;. The van der Waals surface area contributed by atoms with Gasteiger partial charge in [-0.1, -0.05) is 0 Å². The van der Waals surface area contributed by atoms with E-state index in [1.54, 1.807) is 11.1 Å². The summed E-state index contributed by atoms with van der Waals surface area (Å²) < 4.78 is 6.47. The zero-order valence-corrected chi connectivity index (χ0v) is 33.5. The van der Waals surface area contributed by atoms with E-state index in [-0.39, 0.29) is 24.8 Å². The zero-order valence-electron chi connectivity index (χ0n) is 28.0. The van der Waals surface area contributed by atoms with Gasteiger partial charge in [0.2, 0.25) is 0 Å². The van der Waals surface area contributed by atoms with Crippen LogP contribution >= 0.6 is 24.8 Å². The summed E-state index contributed by atoms with van der Waals surface area (Å²) in [6, 6.07) is 36.0. The first-order valence-corrected chi connectivity index (χ1v) is 30.4. The Morgan fingerprint density at radius 2 is 1.00 bits per heavy atom. The molecule has 2 aliphatic rings. The van der Waals surface area contributed by atoms with Gasteiger partial charge in [-0.2, -0.15) is 0 Å². The summed E-state index contributed by atoms with van der Waals surface area (Å²) in [6.45, 7) is 7.16. The van der Waals surface area contributed by atoms with E-state index in [9.17, 15) is 0 Å². The van der Waals surface area contributed by atoms with Crippen LogP contribution in [0.25, 0.3) is 56.2 Å². The molecular formula is C42H42Cl2N2SiZr. The smallest absolute Gasteiger partial charge is 0.147 e. The van der Waals surface area contributed by atoms with E-state index in [1.807, 2.05) is 24.5 Å². The van der Waals surface area contributed by atoms with Crippen molar-refractivity contribution in [3.05, 3.63) is 143 Å². The maximum Gasteiger partial charge on any atom is -0.147 e. The van der Waals surface area contributed by atoms with Crippen LogP contribution in [0.1, 0.15) is 56.2 Å². The summed E-state index contributed by atoms with van der Waals surface area (Å²) in [7, 11) is 0. The van der Waals surface area contributed by atoms with E-state index in [1.165, 1.54) is 55.3 Å². The maximum absolute atomic E-state index is 4.81. The minimum Gasteiger partial charge on any atom is -0.147 e. The Kier molecular flexibility index (Phi) is 9.37. The molecule has 0 bridgehead atoms. The van der Waals surface area contributed by atoms with Crippen LogP contribution in [0.15, 0.2) is 121 Å². The summed E-state index contributed by atoms with van der Waals surface area (Å²) in [5.74, 6) is 0. The number of allylic oxidation sites excluding steroid dienone is 2. The van der Waals surface area contributed by atoms with E-state index in [2.05, 4.69) is 127 Å². The number of fused-ring (bicyclic) bond motifs is 4. The third-order valence-corrected chi connectivity index (χ3v) is 28.3. The van der Waals surface area contributed by atoms with E-state index in [4.69, 9.17) is 9.97 Å². The van der Waals surface area contributed by atoms with Gasteiger partial charge in [0.05, 0.1) is 0 Å². The Hall–Kier alpha value is -3.14. The van der Waals surface area contributed by atoms with Gasteiger partial charge in [0.1, 0.15) is 0 Å². The molecule has 0 saturated carbocycles. The number of benzene rings is 4. The van der Waals surface area contributed by atoms with Crippen LogP contribution in [0.4, 0.5) is 0 Å². The molecule has 0 saturated heterocycles. The van der Waals surface area contributed by atoms with Crippen LogP contribution in [0, 0.1) is 0 Å². The molecule has 2 aromatic heterocycles. The molecule has 242 valence electrons. The second-order valence-electron chi connectivity index (χ2n) is 14.4. The van der Waals surface area contributed by atoms with Crippen LogP contribution in [-0.4, -0.2) is 16.8 Å². The molecule has 2 aliphatic carbocycles. The summed E-state index contributed by atoms with van der Waals surface area (Å²) in [5.41, 5.74) is 16.3. The predicted molar refractivity (Wildman–Crippen MR) is 211 cm³/mol. The fourth-order valence-electron chi connectivity index (χ4n) is 8.91. The Morgan fingerprint density at radius 1 is 0.583 bits per heavy atom. The van der Waals surface area contributed by atoms with Gasteiger partial charge in [0.25, 0.3) is 0 Å². The minimum atomic E-state index is -3.73. The number of aromatic nitrogens is 2. The predicted octanol–water partition coefficient (Wildman–Crippen LogP) is 11.7. The summed E-state index contributed by atoms with van der Waals surface area (Å²) >= 11 is -3.73. The first-order chi connectivity index (χ1) is 22.3. The molecule has 0 N–H and O–H groups in total. The molecule has 6 heteroatoms. The Labute approximate surface area is 299 Å². The largest absolute Gasteiger partial charge is 0.147 e. The number of pyridine rings is 2. The van der Waals surface area contributed by atoms with Crippen molar-refractivity contribution in [3.8, 4) is 22.3 Å². The van der Waals surface area contributed by atoms with Gasteiger partial charge in [-0.25, -0.2) is 0 Å². The fourth-order valence-corrected chi connectivity index (χ4v) is 29.1. The number of halogens is 2. The molecule has 2 unspecified atom stereocenters. The number of rotatable bonds is 6. The molecule has 2 atom stereocenters. The van der Waals surface area contributed by atoms with Crippen LogP contribution in [0.5, 0.6) is 0 Å². The fraction of sp³-hybridized carbons (Fsp3) is 0.190. The molecule has 0 aliphatic heterocycles. The van der Waals surface area contributed by atoms with Gasteiger partial charge < -0.3 is 0 Å². The molecule has 0 amide bonds. The normalized spacial score (nSPS) is 16.9. The van der Waals surface area contributed by atoms with Gasteiger partial charge in [0.15, 0.2) is 0 Å². The Morgan fingerprint density at radius 3 is 1.42 bits per heavy atom. The molecule has 8 rings (SSSR count). The van der Waals surface area contributed by atoms with Crippen molar-refractivity contribution in [1.82, 2.24) is 9.97 Å². The third-order valence-electron chi connectivity index (χ3n) is 10.8. The number of para-hydroxylation sites is 2. The molecule has 0 radical (unpaired) electrons. The minimum absolute atomic E-state index is 0. The van der Waals surface area contributed by atoms with Crippen LogP contribution < -0.4 is 0 Å². The van der Waals surface area contributed by atoms with Crippen molar-refractivity contribution < 1.29 is 17.4 Å². The summed E-state index contributed by atoms with van der Waals surface area (Å²) in [5, 5.41) is 2.38. The quantitative estimate of drug-likeness (QED) is 0.158. The monoisotopic (exact) mass is 762 g/mol. The summed E-state index contributed by atoms with van der Waals surface area (Å²) in [4.78, 5) is 9.63. The molecule has 2 heterocycles. The van der Waals surface area contributed by atoms with E-state index in [0.717, 1.165) is 23.9 Å². The van der Waals surface area contributed by atoms with Crippen molar-refractivity contribution in [2.45, 2.75) is 43.2 Å². The molecule has 2 nitrogen and oxygen atoms in total. The number of hydrogen-bond acceptors (Lipinski definition) is 2. The van der Waals surface area contributed by atoms with Gasteiger partial charge >= 0.3 is 277 Å². The van der Waals surface area contributed by atoms with Crippen LogP contribution in [-0.2, 0) is 17.4 Å². The second-order valence-corrected chi connectivity index (χ2v) is 44.9. The first-order valence-electron chi connectivity index (χ1n) is 16.7. The van der Waals surface area contributed by atoms with Gasteiger partial charge in [-0.15, -0.1) is 24.8 Å². The zero-order chi connectivity index (χ0) is 31.7. The van der Waals surface area contributed by atoms with E-state index in [0.29, 0.717) is 7.25 Å². The van der Waals surface area contributed by atoms with Crippen molar-refractivity contribution in [1.29, 1.82) is 0 Å².